The summed E-state index contributed by atoms with van der Waals surface area (Å²) >= 11 is 0. The van der Waals surface area contributed by atoms with E-state index in [1.54, 1.807) is 0 Å². The third-order valence-corrected chi connectivity index (χ3v) is 3.24. The summed E-state index contributed by atoms with van der Waals surface area (Å²) in [7, 11) is 0. The van der Waals surface area contributed by atoms with Crippen molar-refractivity contribution in [1.29, 1.82) is 0 Å². The second-order valence-electron chi connectivity index (χ2n) is 3.71. The fourth-order valence-corrected chi connectivity index (χ4v) is 2.14. The molecule has 0 heterocycles. The minimum Gasteiger partial charge on any atom is -0.328 e. The maximum absolute atomic E-state index is 5.86. The zero-order valence-corrected chi connectivity index (χ0v) is 7.19. The van der Waals surface area contributed by atoms with E-state index >= 15 is 0 Å². The lowest BCUT2D eigenvalue weighted by Crippen LogP contribution is -2.20. The first-order valence-electron chi connectivity index (χ1n) is 4.48. The van der Waals surface area contributed by atoms with Gasteiger partial charge in [-0.25, -0.2) is 0 Å². The number of nitrogens with two attached hydrogens (primary N) is 1. The van der Waals surface area contributed by atoms with E-state index in [4.69, 9.17) is 5.73 Å². The molecule has 60 valence electrons. The van der Waals surface area contributed by atoms with Gasteiger partial charge in [0.05, 0.1) is 0 Å². The molecule has 1 nitrogen and oxygen atoms in total. The van der Waals surface area contributed by atoms with Crippen molar-refractivity contribution in [1.82, 2.24) is 0 Å². The second kappa shape index (κ2) is 2.91. The molecule has 0 amide bonds. The minimum atomic E-state index is 0.500. The first kappa shape index (κ1) is 8.06. The first-order valence-corrected chi connectivity index (χ1v) is 4.48. The topological polar surface area (TPSA) is 26.0 Å². The lowest BCUT2D eigenvalue weighted by atomic mass is 9.81. The maximum Gasteiger partial charge on any atom is 0.00443 e. The summed E-state index contributed by atoms with van der Waals surface area (Å²) in [6.45, 7) is 4.59. The molecule has 1 fully saturated rings. The Kier molecular flexibility index (Phi) is 2.35. The highest BCUT2D eigenvalue weighted by Crippen LogP contribution is 2.42. The molecule has 0 aromatic carbocycles. The predicted molar refractivity (Wildman–Crippen MR) is 44.8 cm³/mol. The van der Waals surface area contributed by atoms with Crippen molar-refractivity contribution in [2.75, 3.05) is 0 Å². The maximum atomic E-state index is 5.86. The highest BCUT2D eigenvalue weighted by atomic mass is 14.7. The van der Waals surface area contributed by atoms with E-state index in [0.29, 0.717) is 11.5 Å². The van der Waals surface area contributed by atoms with Crippen LogP contribution in [0.1, 0.15) is 46.0 Å². The quantitative estimate of drug-likeness (QED) is 0.627. The molecule has 0 radical (unpaired) electrons. The summed E-state index contributed by atoms with van der Waals surface area (Å²) in [4.78, 5) is 0. The van der Waals surface area contributed by atoms with Gasteiger partial charge in [-0.15, -0.1) is 0 Å². The summed E-state index contributed by atoms with van der Waals surface area (Å²) in [5.74, 6) is 0. The van der Waals surface area contributed by atoms with Gasteiger partial charge in [-0.1, -0.05) is 26.7 Å². The zero-order valence-electron chi connectivity index (χ0n) is 7.19. The molecule has 0 spiro atoms. The van der Waals surface area contributed by atoms with E-state index in [1.165, 1.54) is 32.1 Å². The largest absolute Gasteiger partial charge is 0.328 e. The first-order chi connectivity index (χ1) is 4.72. The van der Waals surface area contributed by atoms with Crippen LogP contribution in [0.3, 0.4) is 0 Å². The van der Waals surface area contributed by atoms with Crippen LogP contribution in [0.5, 0.6) is 0 Å². The summed E-state index contributed by atoms with van der Waals surface area (Å²) in [6, 6.07) is 0.500. The average Bonchev–Trinajstić information content (AvgIpc) is 2.33. The third kappa shape index (κ3) is 1.34. The fourth-order valence-electron chi connectivity index (χ4n) is 2.14. The fraction of sp³-hybridized carbons (Fsp3) is 1.00. The van der Waals surface area contributed by atoms with Gasteiger partial charge in [0.2, 0.25) is 0 Å². The Hall–Kier alpha value is -0.0400. The molecule has 0 aromatic heterocycles. The zero-order chi connectivity index (χ0) is 7.61. The Morgan fingerprint density at radius 3 is 2.20 bits per heavy atom. The van der Waals surface area contributed by atoms with Crippen LogP contribution in [0.2, 0.25) is 0 Å². The Balaban J connectivity index is 2.51. The molecule has 1 rings (SSSR count). The molecule has 0 aliphatic heterocycles. The summed E-state index contributed by atoms with van der Waals surface area (Å²) < 4.78 is 0. The van der Waals surface area contributed by atoms with Crippen molar-refractivity contribution in [3.8, 4) is 0 Å². The molecule has 1 heteroatoms. The van der Waals surface area contributed by atoms with Crippen LogP contribution in [0, 0.1) is 5.41 Å². The number of rotatable bonds is 2. The van der Waals surface area contributed by atoms with Crippen molar-refractivity contribution in [3.05, 3.63) is 0 Å². The summed E-state index contributed by atoms with van der Waals surface area (Å²) in [6.07, 6.45) is 6.51. The Labute approximate surface area is 64.0 Å². The van der Waals surface area contributed by atoms with Crippen molar-refractivity contribution >= 4 is 0 Å². The van der Waals surface area contributed by atoms with Crippen molar-refractivity contribution in [2.24, 2.45) is 11.1 Å². The van der Waals surface area contributed by atoms with Crippen molar-refractivity contribution in [3.63, 3.8) is 0 Å². The third-order valence-electron chi connectivity index (χ3n) is 3.24. The molecule has 10 heavy (non-hydrogen) atoms. The second-order valence-corrected chi connectivity index (χ2v) is 3.71. The standard InChI is InChI=1S/C9H19N/c1-3-9(4-2)6-5-8(10)7-9/h8H,3-7,10H2,1-2H3. The van der Waals surface area contributed by atoms with E-state index in [1.807, 2.05) is 0 Å². The minimum absolute atomic E-state index is 0.500. The molecule has 0 saturated heterocycles. The number of hydrogen-bond acceptors (Lipinski definition) is 1. The lowest BCUT2D eigenvalue weighted by Gasteiger charge is -2.25. The smallest absolute Gasteiger partial charge is 0.00443 e. The van der Waals surface area contributed by atoms with Crippen LogP contribution in [0.15, 0.2) is 0 Å². The van der Waals surface area contributed by atoms with Crippen LogP contribution in [-0.2, 0) is 0 Å². The van der Waals surface area contributed by atoms with Gasteiger partial charge in [0.25, 0.3) is 0 Å². The van der Waals surface area contributed by atoms with Crippen LogP contribution in [0.25, 0.3) is 0 Å². The summed E-state index contributed by atoms with van der Waals surface area (Å²) in [5, 5.41) is 0. The summed E-state index contributed by atoms with van der Waals surface area (Å²) in [5.41, 5.74) is 6.49. The molecular weight excluding hydrogens is 122 g/mol. The van der Waals surface area contributed by atoms with Gasteiger partial charge in [-0.05, 0) is 24.7 Å². The Bertz CT molecular complexity index is 105. The van der Waals surface area contributed by atoms with E-state index in [0.717, 1.165) is 0 Å². The molecule has 1 unspecified atom stereocenters. The van der Waals surface area contributed by atoms with Crippen molar-refractivity contribution < 1.29 is 0 Å². The highest BCUT2D eigenvalue weighted by molar-refractivity contribution is 4.88. The molecule has 1 aliphatic rings. The van der Waals surface area contributed by atoms with Gasteiger partial charge in [-0.3, -0.25) is 0 Å². The SMILES string of the molecule is CCC1(CC)CCC(N)C1. The van der Waals surface area contributed by atoms with Crippen molar-refractivity contribution in [2.45, 2.75) is 52.0 Å². The molecule has 1 saturated carbocycles. The molecule has 2 N–H and O–H groups in total. The molecule has 1 aliphatic carbocycles. The van der Waals surface area contributed by atoms with E-state index in [-0.39, 0.29) is 0 Å². The van der Waals surface area contributed by atoms with Gasteiger partial charge in [0, 0.05) is 6.04 Å². The number of hydrogen-bond donors (Lipinski definition) is 1. The molecular formula is C9H19N. The monoisotopic (exact) mass is 141 g/mol. The molecule has 0 aromatic rings. The Morgan fingerprint density at radius 2 is 2.00 bits per heavy atom. The molecule has 0 bridgehead atoms. The van der Waals surface area contributed by atoms with Crippen LogP contribution in [0.4, 0.5) is 0 Å². The van der Waals surface area contributed by atoms with Gasteiger partial charge < -0.3 is 5.73 Å². The van der Waals surface area contributed by atoms with Gasteiger partial charge in [0.1, 0.15) is 0 Å². The van der Waals surface area contributed by atoms with Crippen LogP contribution >= 0.6 is 0 Å². The van der Waals surface area contributed by atoms with E-state index in [9.17, 15) is 0 Å². The normalized spacial score (nSPS) is 30.9. The Morgan fingerprint density at radius 1 is 1.40 bits per heavy atom. The lowest BCUT2D eigenvalue weighted by molar-refractivity contribution is 0.269. The average molecular weight is 141 g/mol. The van der Waals surface area contributed by atoms with Crippen LogP contribution < -0.4 is 5.73 Å². The predicted octanol–water partition coefficient (Wildman–Crippen LogP) is 2.30. The van der Waals surface area contributed by atoms with Gasteiger partial charge in [-0.2, -0.15) is 0 Å². The highest BCUT2D eigenvalue weighted by Gasteiger charge is 2.33. The molecule has 1 atom stereocenters. The van der Waals surface area contributed by atoms with Gasteiger partial charge in [0.15, 0.2) is 0 Å². The van der Waals surface area contributed by atoms with E-state index in [2.05, 4.69) is 13.8 Å². The van der Waals surface area contributed by atoms with Gasteiger partial charge >= 0.3 is 0 Å². The van der Waals surface area contributed by atoms with E-state index < -0.39 is 0 Å². The van der Waals surface area contributed by atoms with Crippen LogP contribution in [-0.4, -0.2) is 6.04 Å².